The lowest BCUT2D eigenvalue weighted by molar-refractivity contribution is -0.255. The first-order chi connectivity index (χ1) is 5.04. The van der Waals surface area contributed by atoms with Crippen LogP contribution >= 0.6 is 0 Å². The van der Waals surface area contributed by atoms with Crippen molar-refractivity contribution in [3.63, 3.8) is 0 Å². The zero-order valence-corrected chi connectivity index (χ0v) is 6.64. The average Bonchev–Trinajstić information content (AvgIpc) is 1.97. The molecule has 0 aromatic heterocycles. The average molecular weight is 162 g/mol. The molecule has 3 N–H and O–H groups in total. The van der Waals surface area contributed by atoms with Crippen LogP contribution in [0, 0.1) is 5.92 Å². The molecule has 0 bridgehead atoms. The van der Waals surface area contributed by atoms with E-state index in [0.717, 1.165) is 0 Å². The molecule has 0 aromatic rings. The number of hydrogen-bond acceptors (Lipinski definition) is 4. The predicted molar refractivity (Wildman–Crippen MR) is 37.7 cm³/mol. The molecule has 0 saturated carbocycles. The van der Waals surface area contributed by atoms with Gasteiger partial charge in [-0.1, -0.05) is 6.92 Å². The Morgan fingerprint density at radius 3 is 2.09 bits per heavy atom. The zero-order chi connectivity index (χ0) is 8.59. The second-order valence-electron chi connectivity index (χ2n) is 3.07. The van der Waals surface area contributed by atoms with E-state index in [-0.39, 0.29) is 0 Å². The van der Waals surface area contributed by atoms with Crippen molar-refractivity contribution in [3.05, 3.63) is 0 Å². The molecule has 3 unspecified atom stereocenters. The first kappa shape index (κ1) is 8.93. The van der Waals surface area contributed by atoms with Gasteiger partial charge in [-0.15, -0.1) is 0 Å². The first-order valence-corrected chi connectivity index (χ1v) is 3.73. The topological polar surface area (TPSA) is 69.9 Å². The van der Waals surface area contributed by atoms with E-state index in [4.69, 9.17) is 9.84 Å². The molecule has 0 amide bonds. The summed E-state index contributed by atoms with van der Waals surface area (Å²) in [7, 11) is 0. The Hall–Kier alpha value is -0.160. The Morgan fingerprint density at radius 2 is 1.55 bits per heavy atom. The Balaban J connectivity index is 2.63. The number of aliphatic hydroxyl groups excluding tert-OH is 3. The van der Waals surface area contributed by atoms with Gasteiger partial charge in [0.05, 0.1) is 12.2 Å². The van der Waals surface area contributed by atoms with E-state index in [2.05, 4.69) is 0 Å². The van der Waals surface area contributed by atoms with Crippen LogP contribution in [-0.4, -0.2) is 39.9 Å². The molecular weight excluding hydrogens is 148 g/mol. The minimum absolute atomic E-state index is 0.429. The van der Waals surface area contributed by atoms with E-state index in [1.807, 2.05) is 0 Å². The van der Waals surface area contributed by atoms with Gasteiger partial charge in [0.1, 0.15) is 6.10 Å². The van der Waals surface area contributed by atoms with Crippen molar-refractivity contribution < 1.29 is 20.1 Å². The van der Waals surface area contributed by atoms with Crippen molar-refractivity contribution in [1.82, 2.24) is 0 Å². The Morgan fingerprint density at radius 1 is 1.00 bits per heavy atom. The minimum Gasteiger partial charge on any atom is -0.390 e. The summed E-state index contributed by atoms with van der Waals surface area (Å²) < 4.78 is 4.93. The van der Waals surface area contributed by atoms with Crippen LogP contribution in [-0.2, 0) is 4.74 Å². The van der Waals surface area contributed by atoms with E-state index in [9.17, 15) is 10.2 Å². The van der Waals surface area contributed by atoms with Gasteiger partial charge in [-0.05, 0) is 6.92 Å². The quantitative estimate of drug-likeness (QED) is 0.431. The van der Waals surface area contributed by atoms with Crippen molar-refractivity contribution in [2.24, 2.45) is 5.92 Å². The number of hydrogen-bond donors (Lipinski definition) is 3. The third-order valence-corrected chi connectivity index (χ3v) is 2.17. The van der Waals surface area contributed by atoms with Gasteiger partial charge in [-0.25, -0.2) is 0 Å². The van der Waals surface area contributed by atoms with Crippen LogP contribution in [0.2, 0.25) is 0 Å². The van der Waals surface area contributed by atoms with Gasteiger partial charge >= 0.3 is 0 Å². The molecule has 5 atom stereocenters. The zero-order valence-electron chi connectivity index (χ0n) is 6.64. The first-order valence-electron chi connectivity index (χ1n) is 3.73. The second kappa shape index (κ2) is 3.06. The fourth-order valence-electron chi connectivity index (χ4n) is 1.18. The summed E-state index contributed by atoms with van der Waals surface area (Å²) >= 11 is 0. The van der Waals surface area contributed by atoms with Crippen LogP contribution in [0.15, 0.2) is 0 Å². The van der Waals surface area contributed by atoms with Crippen molar-refractivity contribution in [2.45, 2.75) is 38.4 Å². The van der Waals surface area contributed by atoms with Gasteiger partial charge in [-0.2, -0.15) is 0 Å². The molecule has 11 heavy (non-hydrogen) atoms. The standard InChI is InChI=1S/C7H14O4/c1-3-5(8)6(9)4(2)11-7(3)10/h3-10H,1-2H3/t3?,4?,5?,6-,7+/m0/s1. The molecule has 1 rings (SSSR count). The molecule has 0 radical (unpaired) electrons. The number of ether oxygens (including phenoxy) is 1. The highest BCUT2D eigenvalue weighted by atomic mass is 16.6. The largest absolute Gasteiger partial charge is 0.390 e. The lowest BCUT2D eigenvalue weighted by atomic mass is 9.93. The Bertz CT molecular complexity index is 124. The van der Waals surface area contributed by atoms with Gasteiger partial charge < -0.3 is 20.1 Å². The lowest BCUT2D eigenvalue weighted by Gasteiger charge is -2.37. The monoisotopic (exact) mass is 162 g/mol. The molecule has 4 nitrogen and oxygen atoms in total. The molecule has 0 aromatic carbocycles. The molecule has 1 aliphatic rings. The molecule has 1 heterocycles. The summed E-state index contributed by atoms with van der Waals surface area (Å²) in [6.07, 6.45) is -3.26. The third-order valence-electron chi connectivity index (χ3n) is 2.17. The van der Waals surface area contributed by atoms with Crippen molar-refractivity contribution >= 4 is 0 Å². The van der Waals surface area contributed by atoms with Crippen LogP contribution in [0.25, 0.3) is 0 Å². The number of aliphatic hydroxyl groups is 3. The molecule has 1 fully saturated rings. The van der Waals surface area contributed by atoms with Crippen LogP contribution < -0.4 is 0 Å². The SMILES string of the molecule is CC1O[C@@H](O)C(C)C(O)[C@H]1O. The van der Waals surface area contributed by atoms with Crippen molar-refractivity contribution in [2.75, 3.05) is 0 Å². The molecule has 0 spiro atoms. The summed E-state index contributed by atoms with van der Waals surface area (Å²) in [6, 6.07) is 0. The molecule has 1 saturated heterocycles. The molecule has 0 aliphatic carbocycles. The van der Waals surface area contributed by atoms with Gasteiger partial charge in [0.15, 0.2) is 6.29 Å². The van der Waals surface area contributed by atoms with Crippen LogP contribution in [0.3, 0.4) is 0 Å². The summed E-state index contributed by atoms with van der Waals surface area (Å²) in [5.74, 6) is -0.429. The van der Waals surface area contributed by atoms with E-state index >= 15 is 0 Å². The summed E-state index contributed by atoms with van der Waals surface area (Å²) in [6.45, 7) is 3.24. The van der Waals surface area contributed by atoms with Crippen molar-refractivity contribution in [3.8, 4) is 0 Å². The molecule has 1 aliphatic heterocycles. The Kier molecular flexibility index (Phi) is 2.49. The number of rotatable bonds is 0. The highest BCUT2D eigenvalue weighted by molar-refractivity contribution is 4.84. The highest BCUT2D eigenvalue weighted by Crippen LogP contribution is 2.23. The highest BCUT2D eigenvalue weighted by Gasteiger charge is 2.38. The van der Waals surface area contributed by atoms with E-state index in [0.29, 0.717) is 0 Å². The van der Waals surface area contributed by atoms with Crippen LogP contribution in [0.5, 0.6) is 0 Å². The van der Waals surface area contributed by atoms with Gasteiger partial charge in [0.2, 0.25) is 0 Å². The summed E-state index contributed by atoms with van der Waals surface area (Å²) in [4.78, 5) is 0. The normalized spacial score (nSPS) is 52.6. The third kappa shape index (κ3) is 1.54. The van der Waals surface area contributed by atoms with Crippen LogP contribution in [0.1, 0.15) is 13.8 Å². The molecule has 4 heteroatoms. The lowest BCUT2D eigenvalue weighted by Crippen LogP contribution is -2.52. The maximum absolute atomic E-state index is 9.30. The van der Waals surface area contributed by atoms with E-state index < -0.39 is 30.5 Å². The summed E-state index contributed by atoms with van der Waals surface area (Å²) in [5, 5.41) is 27.7. The smallest absolute Gasteiger partial charge is 0.160 e. The maximum atomic E-state index is 9.30. The second-order valence-corrected chi connectivity index (χ2v) is 3.07. The fourth-order valence-corrected chi connectivity index (χ4v) is 1.18. The van der Waals surface area contributed by atoms with E-state index in [1.54, 1.807) is 13.8 Å². The predicted octanol–water partition coefficient (Wildman–Crippen LogP) is -0.919. The maximum Gasteiger partial charge on any atom is 0.160 e. The van der Waals surface area contributed by atoms with E-state index in [1.165, 1.54) is 0 Å². The minimum atomic E-state index is -0.969. The summed E-state index contributed by atoms with van der Waals surface area (Å²) in [5.41, 5.74) is 0. The van der Waals surface area contributed by atoms with Gasteiger partial charge in [0.25, 0.3) is 0 Å². The molecular formula is C7H14O4. The van der Waals surface area contributed by atoms with Crippen molar-refractivity contribution in [1.29, 1.82) is 0 Å². The van der Waals surface area contributed by atoms with Gasteiger partial charge in [-0.3, -0.25) is 0 Å². The van der Waals surface area contributed by atoms with Crippen LogP contribution in [0.4, 0.5) is 0 Å². The Labute approximate surface area is 65.4 Å². The fraction of sp³-hybridized carbons (Fsp3) is 1.00. The molecule has 66 valence electrons. The van der Waals surface area contributed by atoms with Gasteiger partial charge in [0, 0.05) is 5.92 Å².